The number of aromatic nitrogens is 3. The molecule has 11 nitrogen and oxygen atoms in total. The molecule has 5 aromatic rings. The van der Waals surface area contributed by atoms with Crippen molar-refractivity contribution < 1.29 is 23.5 Å². The number of amides is 1. The first-order valence-electron chi connectivity index (χ1n) is 17.0. The van der Waals surface area contributed by atoms with E-state index < -0.39 is 0 Å². The van der Waals surface area contributed by atoms with Crippen LogP contribution in [0.15, 0.2) is 52.9 Å². The maximum Gasteiger partial charge on any atom is 0.308 e. The molecule has 3 heterocycles. The van der Waals surface area contributed by atoms with Crippen LogP contribution in [0.1, 0.15) is 69.2 Å². The minimum atomic E-state index is -0.349. The van der Waals surface area contributed by atoms with Crippen LogP contribution in [-0.4, -0.2) is 57.8 Å². The highest BCUT2D eigenvalue weighted by Crippen LogP contribution is 2.39. The van der Waals surface area contributed by atoms with Gasteiger partial charge < -0.3 is 19.0 Å². The topological polar surface area (TPSA) is 143 Å². The van der Waals surface area contributed by atoms with Crippen molar-refractivity contribution in [3.05, 3.63) is 87.5 Å². The Kier molecular flexibility index (Phi) is 9.46. The van der Waals surface area contributed by atoms with Crippen molar-refractivity contribution in [3.63, 3.8) is 0 Å². The Hall–Kier alpha value is -5.31. The molecule has 0 unspecified atom stereocenters. The monoisotopic (exact) mass is 704 g/mol. The summed E-state index contributed by atoms with van der Waals surface area (Å²) in [7, 11) is 3.33. The van der Waals surface area contributed by atoms with Gasteiger partial charge in [-0.05, 0) is 73.9 Å². The fourth-order valence-corrected chi connectivity index (χ4v) is 7.82. The zero-order chi connectivity index (χ0) is 35.8. The third-order valence-electron chi connectivity index (χ3n) is 10.3. The zero-order valence-corrected chi connectivity index (χ0v) is 29.4. The summed E-state index contributed by atoms with van der Waals surface area (Å²) in [5, 5.41) is 13.0. The first-order chi connectivity index (χ1) is 24.7. The summed E-state index contributed by atoms with van der Waals surface area (Å²) in [5.41, 5.74) is 6.79. The highest BCUT2D eigenvalue weighted by molar-refractivity contribution is 6.36. The Labute approximate surface area is 300 Å². The SMILES string of the molecule is COC(=O)C1CCC(CN2CCc3c(nc(C(=O)Nc4cccc(-c5cccc(-c6nc7cc(C=O)cc(C#N)c7o6)c5C)c4Cl)n3C)C2)CC1. The number of nitriles is 1. The maximum absolute atomic E-state index is 13.7. The van der Waals surface area contributed by atoms with Crippen molar-refractivity contribution in [1.29, 1.82) is 5.26 Å². The van der Waals surface area contributed by atoms with E-state index in [9.17, 15) is 19.6 Å². The molecule has 1 N–H and O–H groups in total. The van der Waals surface area contributed by atoms with Crippen LogP contribution >= 0.6 is 11.6 Å². The molecule has 0 radical (unpaired) electrons. The predicted molar refractivity (Wildman–Crippen MR) is 192 cm³/mol. The summed E-state index contributed by atoms with van der Waals surface area (Å²) in [6.07, 6.45) is 5.22. The molecule has 0 atom stereocenters. The number of rotatable bonds is 8. The van der Waals surface area contributed by atoms with Gasteiger partial charge in [-0.3, -0.25) is 19.3 Å². The quantitative estimate of drug-likeness (QED) is 0.132. The summed E-state index contributed by atoms with van der Waals surface area (Å²) < 4.78 is 12.9. The number of oxazole rings is 1. The van der Waals surface area contributed by atoms with Gasteiger partial charge in [-0.2, -0.15) is 5.26 Å². The number of esters is 1. The first kappa shape index (κ1) is 34.2. The van der Waals surface area contributed by atoms with E-state index in [-0.39, 0.29) is 23.4 Å². The van der Waals surface area contributed by atoms with Gasteiger partial charge in [0.05, 0.1) is 35.0 Å². The Morgan fingerprint density at radius 2 is 1.84 bits per heavy atom. The summed E-state index contributed by atoms with van der Waals surface area (Å²) in [5.74, 6) is 0.730. The van der Waals surface area contributed by atoms with E-state index in [1.165, 1.54) is 13.2 Å². The Bertz CT molecular complexity index is 2230. The Morgan fingerprint density at radius 3 is 2.59 bits per heavy atom. The van der Waals surface area contributed by atoms with Gasteiger partial charge in [-0.1, -0.05) is 35.9 Å². The number of hydrogen-bond acceptors (Lipinski definition) is 9. The molecule has 12 heteroatoms. The smallest absolute Gasteiger partial charge is 0.308 e. The molecule has 260 valence electrons. The number of imidazole rings is 1. The molecule has 3 aromatic carbocycles. The molecule has 2 aromatic heterocycles. The molecule has 1 aliphatic heterocycles. The summed E-state index contributed by atoms with van der Waals surface area (Å²) in [6, 6.07) is 16.3. The number of anilines is 1. The minimum absolute atomic E-state index is 0.0127. The van der Waals surface area contributed by atoms with Crippen LogP contribution in [0.4, 0.5) is 5.69 Å². The number of nitrogens with one attached hydrogen (secondary N) is 1. The summed E-state index contributed by atoms with van der Waals surface area (Å²) in [4.78, 5) is 48.8. The standard InChI is InChI=1S/C39H37ClN6O5/c1-22-27(6-4-7-28(22)38-44-31-17-24(21-47)16-26(18-41)35(31)51-38)29-8-5-9-30(34(29)40)43-37(48)36-42-32-20-46(15-14-33(32)45(36)2)19-23-10-12-25(13-11-23)39(49)50-3/h4-9,16-17,21,23,25H,10-15,19-20H2,1-3H3,(H,43,48). The van der Waals surface area contributed by atoms with Crippen molar-refractivity contribution in [2.45, 2.75) is 45.6 Å². The van der Waals surface area contributed by atoms with E-state index in [4.69, 9.17) is 25.7 Å². The van der Waals surface area contributed by atoms with Crippen LogP contribution < -0.4 is 5.32 Å². The summed E-state index contributed by atoms with van der Waals surface area (Å²) in [6.45, 7) is 4.44. The molecule has 0 saturated heterocycles. The van der Waals surface area contributed by atoms with Crippen LogP contribution in [0.5, 0.6) is 0 Å². The molecule has 0 spiro atoms. The number of carbonyl (C=O) groups is 3. The molecule has 1 amide bonds. The number of carbonyl (C=O) groups excluding carboxylic acids is 3. The van der Waals surface area contributed by atoms with Gasteiger partial charge in [0, 0.05) is 55.5 Å². The van der Waals surface area contributed by atoms with Gasteiger partial charge in [-0.15, -0.1) is 0 Å². The van der Waals surface area contributed by atoms with Gasteiger partial charge in [0.2, 0.25) is 5.89 Å². The molecule has 2 aliphatic rings. The fraction of sp³-hybridized carbons (Fsp3) is 0.333. The number of hydrogen-bond donors (Lipinski definition) is 1. The Balaban J connectivity index is 1.08. The van der Waals surface area contributed by atoms with Crippen LogP contribution in [0.2, 0.25) is 5.02 Å². The van der Waals surface area contributed by atoms with Crippen molar-refractivity contribution in [2.75, 3.05) is 25.5 Å². The first-order valence-corrected chi connectivity index (χ1v) is 17.4. The zero-order valence-electron chi connectivity index (χ0n) is 28.7. The molecule has 1 fully saturated rings. The molecule has 1 saturated carbocycles. The molecule has 1 aliphatic carbocycles. The van der Waals surface area contributed by atoms with Gasteiger partial charge in [0.15, 0.2) is 11.4 Å². The van der Waals surface area contributed by atoms with Gasteiger partial charge in [-0.25, -0.2) is 9.97 Å². The van der Waals surface area contributed by atoms with E-state index in [1.54, 1.807) is 12.1 Å². The second-order valence-electron chi connectivity index (χ2n) is 13.4. The van der Waals surface area contributed by atoms with Crippen molar-refractivity contribution in [1.82, 2.24) is 19.4 Å². The highest BCUT2D eigenvalue weighted by Gasteiger charge is 2.31. The van der Waals surface area contributed by atoms with Crippen molar-refractivity contribution in [2.24, 2.45) is 18.9 Å². The van der Waals surface area contributed by atoms with E-state index in [0.717, 1.165) is 67.7 Å². The average Bonchev–Trinajstić information content (AvgIpc) is 3.73. The third kappa shape index (κ3) is 6.53. The molecular formula is C39H37ClN6O5. The third-order valence-corrected chi connectivity index (χ3v) is 10.7. The van der Waals surface area contributed by atoms with Gasteiger partial charge in [0.25, 0.3) is 5.91 Å². The largest absolute Gasteiger partial charge is 0.469 e. The van der Waals surface area contributed by atoms with Crippen LogP contribution in [0.3, 0.4) is 0 Å². The second kappa shape index (κ2) is 14.1. The van der Waals surface area contributed by atoms with Crippen LogP contribution in [0, 0.1) is 30.1 Å². The lowest BCUT2D eigenvalue weighted by atomic mass is 9.81. The molecule has 0 bridgehead atoms. The molecule has 7 rings (SSSR count). The average molecular weight is 705 g/mol. The van der Waals surface area contributed by atoms with E-state index in [1.807, 2.05) is 48.9 Å². The lowest BCUT2D eigenvalue weighted by Crippen LogP contribution is -2.36. The Morgan fingerprint density at radius 1 is 1.10 bits per heavy atom. The van der Waals surface area contributed by atoms with Crippen LogP contribution in [0.25, 0.3) is 33.7 Å². The predicted octanol–water partition coefficient (Wildman–Crippen LogP) is 7.13. The lowest BCUT2D eigenvalue weighted by Gasteiger charge is -2.33. The van der Waals surface area contributed by atoms with E-state index in [2.05, 4.69) is 21.3 Å². The molecular weight excluding hydrogens is 668 g/mol. The van der Waals surface area contributed by atoms with Gasteiger partial charge >= 0.3 is 5.97 Å². The van der Waals surface area contributed by atoms with E-state index >= 15 is 0 Å². The number of aldehydes is 1. The molecule has 51 heavy (non-hydrogen) atoms. The summed E-state index contributed by atoms with van der Waals surface area (Å²) >= 11 is 6.99. The number of benzene rings is 3. The minimum Gasteiger partial charge on any atom is -0.469 e. The maximum atomic E-state index is 13.7. The second-order valence-corrected chi connectivity index (χ2v) is 13.8. The van der Waals surface area contributed by atoms with E-state index in [0.29, 0.717) is 69.0 Å². The number of methoxy groups -OCH3 is 1. The lowest BCUT2D eigenvalue weighted by molar-refractivity contribution is -0.146. The number of ether oxygens (including phenoxy) is 1. The van der Waals surface area contributed by atoms with Crippen molar-refractivity contribution in [3.8, 4) is 28.7 Å². The van der Waals surface area contributed by atoms with Gasteiger partial charge in [0.1, 0.15) is 17.9 Å². The number of fused-ring (bicyclic) bond motifs is 2. The van der Waals surface area contributed by atoms with Crippen molar-refractivity contribution >= 4 is 46.6 Å². The van der Waals surface area contributed by atoms with Crippen LogP contribution in [-0.2, 0) is 29.5 Å². The highest BCUT2D eigenvalue weighted by atomic mass is 35.5. The fourth-order valence-electron chi connectivity index (χ4n) is 7.55. The number of nitrogens with zero attached hydrogens (tertiary/aromatic N) is 5. The normalized spacial score (nSPS) is 17.5. The number of halogens is 1.